The zero-order valence-corrected chi connectivity index (χ0v) is 8.97. The Labute approximate surface area is 92.6 Å². The van der Waals surface area contributed by atoms with Crippen molar-refractivity contribution in [2.75, 3.05) is 5.32 Å². The summed E-state index contributed by atoms with van der Waals surface area (Å²) in [4.78, 5) is 11.4. The van der Waals surface area contributed by atoms with E-state index in [4.69, 9.17) is 5.73 Å². The second-order valence-corrected chi connectivity index (χ2v) is 3.51. The van der Waals surface area contributed by atoms with Crippen molar-refractivity contribution < 1.29 is 13.6 Å². The number of carbonyl (C=O) groups excluding carboxylic acids is 1. The highest BCUT2D eigenvalue weighted by Gasteiger charge is 2.13. The van der Waals surface area contributed by atoms with E-state index in [1.165, 1.54) is 6.07 Å². The van der Waals surface area contributed by atoms with Crippen LogP contribution in [-0.4, -0.2) is 11.9 Å². The number of nitrogens with one attached hydrogen (secondary N) is 1. The van der Waals surface area contributed by atoms with Gasteiger partial charge >= 0.3 is 0 Å². The molecular formula is C11H14F2N2O. The number of nitrogens with two attached hydrogens (primary N) is 1. The summed E-state index contributed by atoms with van der Waals surface area (Å²) in [7, 11) is 0. The molecule has 1 rings (SSSR count). The first-order chi connectivity index (χ1) is 7.54. The molecule has 0 radical (unpaired) electrons. The molecule has 0 bridgehead atoms. The molecular weight excluding hydrogens is 214 g/mol. The molecule has 1 aromatic rings. The van der Waals surface area contributed by atoms with Gasteiger partial charge in [0.1, 0.15) is 0 Å². The Hall–Kier alpha value is -1.49. The summed E-state index contributed by atoms with van der Waals surface area (Å²) in [5, 5.41) is 2.42. The van der Waals surface area contributed by atoms with Crippen LogP contribution in [0.1, 0.15) is 19.8 Å². The van der Waals surface area contributed by atoms with E-state index in [1.54, 1.807) is 0 Å². The molecule has 3 nitrogen and oxygen atoms in total. The van der Waals surface area contributed by atoms with Gasteiger partial charge in [-0.15, -0.1) is 0 Å². The lowest BCUT2D eigenvalue weighted by Crippen LogP contribution is -2.35. The van der Waals surface area contributed by atoms with Crippen molar-refractivity contribution in [3.63, 3.8) is 0 Å². The van der Waals surface area contributed by atoms with E-state index in [2.05, 4.69) is 5.32 Å². The predicted octanol–water partition coefficient (Wildman–Crippen LogP) is 2.03. The predicted molar refractivity (Wildman–Crippen MR) is 57.9 cm³/mol. The summed E-state index contributed by atoms with van der Waals surface area (Å²) in [6, 6.07) is 2.54. The zero-order chi connectivity index (χ0) is 12.1. The molecule has 0 saturated heterocycles. The van der Waals surface area contributed by atoms with E-state index >= 15 is 0 Å². The Morgan fingerprint density at radius 1 is 1.44 bits per heavy atom. The number of hydrogen-bond acceptors (Lipinski definition) is 2. The highest BCUT2D eigenvalue weighted by atomic mass is 19.2. The van der Waals surface area contributed by atoms with Gasteiger partial charge in [-0.05, 0) is 18.6 Å². The van der Waals surface area contributed by atoms with Crippen LogP contribution in [0.4, 0.5) is 14.5 Å². The number of rotatable bonds is 4. The Morgan fingerprint density at radius 3 is 2.69 bits per heavy atom. The van der Waals surface area contributed by atoms with Gasteiger partial charge in [0.15, 0.2) is 11.6 Å². The van der Waals surface area contributed by atoms with E-state index in [0.29, 0.717) is 6.42 Å². The monoisotopic (exact) mass is 228 g/mol. The van der Waals surface area contributed by atoms with E-state index in [0.717, 1.165) is 18.6 Å². The molecule has 0 spiro atoms. The van der Waals surface area contributed by atoms with E-state index < -0.39 is 23.6 Å². The second kappa shape index (κ2) is 5.55. The summed E-state index contributed by atoms with van der Waals surface area (Å²) >= 11 is 0. The molecule has 1 amide bonds. The maximum atomic E-state index is 12.8. The van der Waals surface area contributed by atoms with Gasteiger partial charge in [0.2, 0.25) is 5.91 Å². The van der Waals surface area contributed by atoms with E-state index in [-0.39, 0.29) is 5.69 Å². The maximum Gasteiger partial charge on any atom is 0.241 e. The Bertz CT molecular complexity index is 382. The molecule has 5 heteroatoms. The van der Waals surface area contributed by atoms with Gasteiger partial charge in [-0.3, -0.25) is 4.79 Å². The van der Waals surface area contributed by atoms with Crippen LogP contribution in [0.5, 0.6) is 0 Å². The molecule has 0 unspecified atom stereocenters. The number of benzene rings is 1. The molecule has 0 aliphatic rings. The Morgan fingerprint density at radius 2 is 2.12 bits per heavy atom. The molecule has 1 atom stereocenters. The summed E-state index contributed by atoms with van der Waals surface area (Å²) in [6.45, 7) is 1.91. The Balaban J connectivity index is 2.66. The number of amides is 1. The quantitative estimate of drug-likeness (QED) is 0.828. The number of anilines is 1. The molecule has 0 aromatic heterocycles. The number of carbonyl (C=O) groups is 1. The van der Waals surface area contributed by atoms with Crippen LogP contribution in [-0.2, 0) is 4.79 Å². The van der Waals surface area contributed by atoms with Gasteiger partial charge in [-0.1, -0.05) is 13.3 Å². The summed E-state index contributed by atoms with van der Waals surface area (Å²) < 4.78 is 25.4. The molecule has 1 aromatic carbocycles. The minimum absolute atomic E-state index is 0.204. The molecule has 3 N–H and O–H groups in total. The highest BCUT2D eigenvalue weighted by molar-refractivity contribution is 5.94. The van der Waals surface area contributed by atoms with Crippen molar-refractivity contribution in [2.45, 2.75) is 25.8 Å². The van der Waals surface area contributed by atoms with Crippen LogP contribution < -0.4 is 11.1 Å². The first-order valence-electron chi connectivity index (χ1n) is 5.06. The smallest absolute Gasteiger partial charge is 0.241 e. The van der Waals surface area contributed by atoms with Crippen molar-refractivity contribution in [3.05, 3.63) is 29.8 Å². The van der Waals surface area contributed by atoms with Crippen LogP contribution in [0.25, 0.3) is 0 Å². The van der Waals surface area contributed by atoms with Crippen LogP contribution in [0, 0.1) is 11.6 Å². The molecule has 0 aliphatic carbocycles. The summed E-state index contributed by atoms with van der Waals surface area (Å²) in [5.41, 5.74) is 5.77. The van der Waals surface area contributed by atoms with Gasteiger partial charge in [0.05, 0.1) is 6.04 Å². The minimum Gasteiger partial charge on any atom is -0.325 e. The fraction of sp³-hybridized carbons (Fsp3) is 0.364. The SMILES string of the molecule is CCC[C@H](N)C(=O)Nc1ccc(F)c(F)c1. The minimum atomic E-state index is -0.998. The summed E-state index contributed by atoms with van der Waals surface area (Å²) in [5.74, 6) is -2.34. The third-order valence-electron chi connectivity index (χ3n) is 2.12. The summed E-state index contributed by atoms with van der Waals surface area (Å²) in [6.07, 6.45) is 1.34. The van der Waals surface area contributed by atoms with Crippen LogP contribution in [0.3, 0.4) is 0 Å². The average Bonchev–Trinajstić information content (AvgIpc) is 2.24. The lowest BCUT2D eigenvalue weighted by atomic mass is 10.1. The molecule has 16 heavy (non-hydrogen) atoms. The van der Waals surface area contributed by atoms with E-state index in [1.807, 2.05) is 6.92 Å². The third kappa shape index (κ3) is 3.27. The topological polar surface area (TPSA) is 55.1 Å². The average molecular weight is 228 g/mol. The number of halogens is 2. The van der Waals surface area contributed by atoms with Crippen molar-refractivity contribution in [1.82, 2.24) is 0 Å². The molecule has 0 heterocycles. The van der Waals surface area contributed by atoms with Crippen LogP contribution >= 0.6 is 0 Å². The zero-order valence-electron chi connectivity index (χ0n) is 8.97. The fourth-order valence-electron chi connectivity index (χ4n) is 1.25. The van der Waals surface area contributed by atoms with Crippen LogP contribution in [0.15, 0.2) is 18.2 Å². The molecule has 0 saturated carbocycles. The highest BCUT2D eigenvalue weighted by Crippen LogP contribution is 2.13. The molecule has 88 valence electrons. The van der Waals surface area contributed by atoms with Gasteiger partial charge in [0.25, 0.3) is 0 Å². The largest absolute Gasteiger partial charge is 0.325 e. The van der Waals surface area contributed by atoms with Gasteiger partial charge < -0.3 is 11.1 Å². The van der Waals surface area contributed by atoms with Crippen LogP contribution in [0.2, 0.25) is 0 Å². The van der Waals surface area contributed by atoms with Crippen molar-refractivity contribution in [3.8, 4) is 0 Å². The van der Waals surface area contributed by atoms with Gasteiger partial charge in [-0.2, -0.15) is 0 Å². The third-order valence-corrected chi connectivity index (χ3v) is 2.12. The van der Waals surface area contributed by atoms with Crippen molar-refractivity contribution in [2.24, 2.45) is 5.73 Å². The standard InChI is InChI=1S/C11H14F2N2O/c1-2-3-10(14)11(16)15-7-4-5-8(12)9(13)6-7/h4-6,10H,2-3,14H2,1H3,(H,15,16)/t10-/m0/s1. The van der Waals surface area contributed by atoms with Crippen molar-refractivity contribution >= 4 is 11.6 Å². The molecule has 0 fully saturated rings. The maximum absolute atomic E-state index is 12.8. The van der Waals surface area contributed by atoms with Crippen molar-refractivity contribution in [1.29, 1.82) is 0 Å². The fourth-order valence-corrected chi connectivity index (χ4v) is 1.25. The lowest BCUT2D eigenvalue weighted by Gasteiger charge is -2.11. The first kappa shape index (κ1) is 12.6. The first-order valence-corrected chi connectivity index (χ1v) is 5.06. The van der Waals surface area contributed by atoms with Gasteiger partial charge in [0, 0.05) is 11.8 Å². The number of hydrogen-bond donors (Lipinski definition) is 2. The second-order valence-electron chi connectivity index (χ2n) is 3.51. The van der Waals surface area contributed by atoms with E-state index in [9.17, 15) is 13.6 Å². The molecule has 0 aliphatic heterocycles. The lowest BCUT2D eigenvalue weighted by molar-refractivity contribution is -0.117. The Kier molecular flexibility index (Phi) is 4.37. The van der Waals surface area contributed by atoms with Gasteiger partial charge in [-0.25, -0.2) is 8.78 Å². The normalized spacial score (nSPS) is 12.2.